The molecule has 1 saturated heterocycles. The van der Waals surface area contributed by atoms with E-state index in [0.717, 1.165) is 9.95 Å². The number of hydrogen-bond acceptors (Lipinski definition) is 9. The highest BCUT2D eigenvalue weighted by Gasteiger charge is 2.44. The van der Waals surface area contributed by atoms with Crippen LogP contribution in [0, 0.1) is 5.82 Å². The maximum atomic E-state index is 14.3. The van der Waals surface area contributed by atoms with Crippen LogP contribution in [0.15, 0.2) is 70.9 Å². The number of aliphatic hydroxyl groups excluding tert-OH is 1. The summed E-state index contributed by atoms with van der Waals surface area (Å²) in [6.45, 7) is 8.43. The predicted molar refractivity (Wildman–Crippen MR) is 147 cm³/mol. The third kappa shape index (κ3) is 7.00. The molecule has 2 heterocycles. The number of aliphatic hydroxyl groups is 1. The highest BCUT2D eigenvalue weighted by Crippen LogP contribution is 2.49. The van der Waals surface area contributed by atoms with Gasteiger partial charge in [0, 0.05) is 11.8 Å². The lowest BCUT2D eigenvalue weighted by molar-refractivity contribution is -0.149. The van der Waals surface area contributed by atoms with E-state index in [1.165, 1.54) is 13.0 Å². The van der Waals surface area contributed by atoms with Crippen LogP contribution in [0.2, 0.25) is 0 Å². The van der Waals surface area contributed by atoms with E-state index in [4.69, 9.17) is 18.5 Å². The average Bonchev–Trinajstić information content (AvgIpc) is 3.30. The van der Waals surface area contributed by atoms with Crippen molar-refractivity contribution in [1.29, 1.82) is 0 Å². The number of nitrogens with one attached hydrogen (secondary N) is 2. The third-order valence-corrected chi connectivity index (χ3v) is 7.87. The number of ether oxygens (including phenoxy) is 2. The molecule has 0 saturated carbocycles. The van der Waals surface area contributed by atoms with Gasteiger partial charge in [-0.05, 0) is 32.2 Å². The lowest BCUT2D eigenvalue weighted by atomic mass is 10.1. The molecule has 4 rings (SSSR count). The molecule has 41 heavy (non-hydrogen) atoms. The number of carbonyl (C=O) groups excluding carboxylic acids is 1. The van der Waals surface area contributed by atoms with Gasteiger partial charge in [0.15, 0.2) is 0 Å². The Balaban J connectivity index is 1.64. The number of aromatic nitrogens is 2. The lowest BCUT2D eigenvalue weighted by Gasteiger charge is -2.29. The van der Waals surface area contributed by atoms with E-state index >= 15 is 0 Å². The van der Waals surface area contributed by atoms with Crippen molar-refractivity contribution in [3.8, 4) is 5.75 Å². The monoisotopic (exact) mass is 591 g/mol. The molecule has 0 aliphatic carbocycles. The number of halogens is 1. The van der Waals surface area contributed by atoms with Gasteiger partial charge in [-0.1, -0.05) is 42.5 Å². The van der Waals surface area contributed by atoms with Crippen LogP contribution in [0.3, 0.4) is 0 Å². The zero-order chi connectivity index (χ0) is 29.9. The molecule has 0 amide bonds. The van der Waals surface area contributed by atoms with E-state index in [0.29, 0.717) is 11.6 Å². The van der Waals surface area contributed by atoms with Crippen LogP contribution in [0.25, 0.3) is 10.8 Å². The van der Waals surface area contributed by atoms with Crippen molar-refractivity contribution in [3.05, 3.63) is 88.0 Å². The summed E-state index contributed by atoms with van der Waals surface area (Å²) in [5.74, 6) is -1.74. The van der Waals surface area contributed by atoms with E-state index in [1.54, 1.807) is 38.1 Å². The number of hydrogen-bond donors (Lipinski definition) is 3. The summed E-state index contributed by atoms with van der Waals surface area (Å²) in [6.07, 6.45) is -3.78. The fraction of sp³-hybridized carbons (Fsp3) is 0.370. The molecule has 1 aromatic heterocycles. The van der Waals surface area contributed by atoms with Crippen molar-refractivity contribution >= 4 is 24.5 Å². The number of aromatic amines is 1. The maximum absolute atomic E-state index is 14.3. The van der Waals surface area contributed by atoms with Gasteiger partial charge < -0.3 is 19.1 Å². The van der Waals surface area contributed by atoms with Gasteiger partial charge >= 0.3 is 19.4 Å². The van der Waals surface area contributed by atoms with Gasteiger partial charge in [0.1, 0.15) is 30.2 Å². The number of H-pyrrole nitrogens is 1. The number of carbonyl (C=O) groups is 1. The topological polar surface area (TPSA) is 158 Å². The zero-order valence-electron chi connectivity index (χ0n) is 22.6. The summed E-state index contributed by atoms with van der Waals surface area (Å²) in [4.78, 5) is 38.0. The van der Waals surface area contributed by atoms with Gasteiger partial charge in [0.25, 0.3) is 5.56 Å². The summed E-state index contributed by atoms with van der Waals surface area (Å²) in [5.41, 5.74) is -2.15. The van der Waals surface area contributed by atoms with Gasteiger partial charge in [-0.3, -0.25) is 23.7 Å². The second-order valence-corrected chi connectivity index (χ2v) is 11.4. The minimum atomic E-state index is -4.46. The zero-order valence-corrected chi connectivity index (χ0v) is 23.5. The SMILES string of the molecule is C=C[C@@H](O[P@@](=O)(N[C@@H](C)C(=O)OC(C)C)Oc1cccc2ccccc12)[C@H]1O[C@@H](n2cc(F)c(=O)[nH]c2=O)C[C@@H]1O. The molecular weight excluding hydrogens is 560 g/mol. The van der Waals surface area contributed by atoms with Gasteiger partial charge in [-0.2, -0.15) is 9.48 Å². The van der Waals surface area contributed by atoms with Crippen molar-refractivity contribution in [2.24, 2.45) is 0 Å². The highest BCUT2D eigenvalue weighted by molar-refractivity contribution is 7.52. The smallest absolute Gasteiger partial charge is 0.460 e. The molecule has 3 aromatic rings. The summed E-state index contributed by atoms with van der Waals surface area (Å²) in [6, 6.07) is 11.1. The first-order chi connectivity index (χ1) is 19.4. The number of benzene rings is 2. The first kappa shape index (κ1) is 30.4. The molecule has 0 unspecified atom stereocenters. The van der Waals surface area contributed by atoms with E-state index in [2.05, 4.69) is 11.7 Å². The molecule has 12 nitrogen and oxygen atoms in total. The second kappa shape index (κ2) is 12.5. The molecule has 0 bridgehead atoms. The standard InChI is InChI=1S/C27H31FN3O9P/c1-5-21(24-20(32)13-23(38-24)31-14-19(28)25(33)29-27(31)35)39-41(36,30-16(4)26(34)37-15(2)3)40-22-12-8-10-17-9-6-7-11-18(17)22/h5-12,14-16,20-21,23-24,32H,1,13H2,2-4H3,(H,30,36)(H,29,33,35)/t16-,20-,21+,23+,24-,41-/m0/s1. The number of esters is 1. The van der Waals surface area contributed by atoms with E-state index in [-0.39, 0.29) is 12.2 Å². The Kier molecular flexibility index (Phi) is 9.25. The van der Waals surface area contributed by atoms with Crippen LogP contribution in [0.5, 0.6) is 5.75 Å². The first-order valence-electron chi connectivity index (χ1n) is 12.8. The highest BCUT2D eigenvalue weighted by atomic mass is 31.2. The Labute approximate surface area is 234 Å². The van der Waals surface area contributed by atoms with Crippen LogP contribution in [-0.2, 0) is 23.4 Å². The Morgan fingerprint density at radius 1 is 1.24 bits per heavy atom. The fourth-order valence-corrected chi connectivity index (χ4v) is 6.00. The molecular formula is C27H31FN3O9P. The Hall–Kier alpha value is -3.61. The van der Waals surface area contributed by atoms with Crippen LogP contribution in [-0.4, -0.2) is 51.1 Å². The van der Waals surface area contributed by atoms with Crippen molar-refractivity contribution in [1.82, 2.24) is 14.6 Å². The van der Waals surface area contributed by atoms with Gasteiger partial charge in [-0.25, -0.2) is 9.36 Å². The first-order valence-corrected chi connectivity index (χ1v) is 14.4. The summed E-state index contributed by atoms with van der Waals surface area (Å²) < 4.78 is 51.7. The van der Waals surface area contributed by atoms with Gasteiger partial charge in [-0.15, -0.1) is 6.58 Å². The molecule has 2 aromatic carbocycles. The quantitative estimate of drug-likeness (QED) is 0.172. The predicted octanol–water partition coefficient (Wildman–Crippen LogP) is 3.17. The Morgan fingerprint density at radius 3 is 2.66 bits per heavy atom. The molecule has 220 valence electrons. The van der Waals surface area contributed by atoms with Crippen LogP contribution >= 0.6 is 7.75 Å². The number of nitrogens with zero attached hydrogens (tertiary/aromatic N) is 1. The number of rotatable bonds is 11. The Bertz CT molecular complexity index is 1580. The molecule has 1 aliphatic rings. The van der Waals surface area contributed by atoms with Crippen LogP contribution in [0.4, 0.5) is 4.39 Å². The van der Waals surface area contributed by atoms with E-state index in [9.17, 15) is 28.4 Å². The van der Waals surface area contributed by atoms with Crippen molar-refractivity contribution in [2.75, 3.05) is 0 Å². The minimum Gasteiger partial charge on any atom is -0.462 e. The van der Waals surface area contributed by atoms with Crippen LogP contribution in [0.1, 0.15) is 33.4 Å². The van der Waals surface area contributed by atoms with E-state index in [1.807, 2.05) is 23.2 Å². The average molecular weight is 592 g/mol. The minimum absolute atomic E-state index is 0.187. The van der Waals surface area contributed by atoms with Crippen molar-refractivity contribution in [2.45, 2.75) is 63.9 Å². The van der Waals surface area contributed by atoms with Crippen LogP contribution < -0.4 is 20.9 Å². The largest absolute Gasteiger partial charge is 0.462 e. The molecule has 1 fully saturated rings. The lowest BCUT2D eigenvalue weighted by Crippen LogP contribution is -2.40. The normalized spacial score (nSPS) is 21.8. The molecule has 0 radical (unpaired) electrons. The number of fused-ring (bicyclic) bond motifs is 1. The molecule has 3 N–H and O–H groups in total. The molecule has 1 aliphatic heterocycles. The van der Waals surface area contributed by atoms with Crippen molar-refractivity contribution in [3.63, 3.8) is 0 Å². The molecule has 14 heteroatoms. The van der Waals surface area contributed by atoms with Gasteiger partial charge in [0.05, 0.1) is 18.4 Å². The van der Waals surface area contributed by atoms with E-state index < -0.39 is 67.5 Å². The molecule has 6 atom stereocenters. The second-order valence-electron chi connectivity index (χ2n) is 9.71. The summed E-state index contributed by atoms with van der Waals surface area (Å²) in [7, 11) is -4.46. The fourth-order valence-electron chi connectivity index (χ4n) is 4.32. The van der Waals surface area contributed by atoms with Crippen molar-refractivity contribution < 1.29 is 37.4 Å². The maximum Gasteiger partial charge on any atom is 0.460 e. The summed E-state index contributed by atoms with van der Waals surface area (Å²) >= 11 is 0. The summed E-state index contributed by atoms with van der Waals surface area (Å²) in [5, 5.41) is 14.8. The Morgan fingerprint density at radius 2 is 1.95 bits per heavy atom. The van der Waals surface area contributed by atoms with Gasteiger partial charge in [0.2, 0.25) is 5.82 Å². The third-order valence-electron chi connectivity index (χ3n) is 6.21. The molecule has 0 spiro atoms.